The number of nitrogens with zero attached hydrogens (tertiary/aromatic N) is 5. The molecule has 2 aromatic rings. The Morgan fingerprint density at radius 3 is 2.83 bits per heavy atom. The molecule has 2 aromatic heterocycles. The lowest BCUT2D eigenvalue weighted by Crippen LogP contribution is -2.30. The molecule has 1 N–H and O–H groups in total. The maximum absolute atomic E-state index is 10.3. The Morgan fingerprint density at radius 2 is 2.28 bits per heavy atom. The van der Waals surface area contributed by atoms with Crippen molar-refractivity contribution in [1.29, 1.82) is 0 Å². The molecule has 3 heterocycles. The maximum Gasteiger partial charge on any atom is 0.149 e. The molecule has 1 saturated heterocycles. The average molecular weight is 361 g/mol. The van der Waals surface area contributed by atoms with Gasteiger partial charge in [0.15, 0.2) is 0 Å². The van der Waals surface area contributed by atoms with E-state index in [1.165, 1.54) is 4.80 Å². The first-order valence-corrected chi connectivity index (χ1v) is 6.59. The van der Waals surface area contributed by atoms with Gasteiger partial charge in [-0.15, -0.1) is 5.10 Å². The van der Waals surface area contributed by atoms with Crippen molar-refractivity contribution in [2.24, 2.45) is 7.05 Å². The van der Waals surface area contributed by atoms with E-state index in [1.807, 2.05) is 10.9 Å². The molecular formula is C10H12IN5O2. The highest BCUT2D eigenvalue weighted by atomic mass is 127. The summed E-state index contributed by atoms with van der Waals surface area (Å²) in [5, 5.41) is 22.8. The van der Waals surface area contributed by atoms with Crippen molar-refractivity contribution in [2.45, 2.75) is 12.1 Å². The number of aryl methyl sites for hydroxylation is 1. The van der Waals surface area contributed by atoms with E-state index in [-0.39, 0.29) is 6.04 Å². The minimum Gasteiger partial charge on any atom is -0.382 e. The molecule has 8 heteroatoms. The zero-order chi connectivity index (χ0) is 12.7. The largest absolute Gasteiger partial charge is 0.382 e. The molecule has 0 amide bonds. The predicted molar refractivity (Wildman–Crippen MR) is 69.9 cm³/mol. The summed E-state index contributed by atoms with van der Waals surface area (Å²) in [6.07, 6.45) is 2.71. The molecule has 0 spiro atoms. The summed E-state index contributed by atoms with van der Waals surface area (Å²) in [6.45, 7) is 1.36. The maximum atomic E-state index is 10.3. The van der Waals surface area contributed by atoms with E-state index in [0.29, 0.717) is 22.6 Å². The van der Waals surface area contributed by atoms with Gasteiger partial charge in [0, 0.05) is 18.8 Å². The van der Waals surface area contributed by atoms with Gasteiger partial charge in [0.05, 0.1) is 25.5 Å². The molecule has 0 radical (unpaired) electrons. The normalized spacial score (nSPS) is 17.7. The second-order valence-corrected chi connectivity index (χ2v) is 5.23. The molecule has 96 valence electrons. The number of ether oxygens (including phenoxy) is 1. The number of aliphatic hydroxyl groups excluding tert-OH is 1. The topological polar surface area (TPSA) is 78.0 Å². The fourth-order valence-electron chi connectivity index (χ4n) is 1.79. The summed E-state index contributed by atoms with van der Waals surface area (Å²) >= 11 is 2.06. The standard InChI is InChI=1S/C10H12IN5O2/c1-15-13-8(10(11)14-15)9(17)6-2-12-16(3-6)7-4-18-5-7/h2-3,7,9,17H,4-5H2,1H3. The van der Waals surface area contributed by atoms with E-state index in [0.717, 1.165) is 5.56 Å². The van der Waals surface area contributed by atoms with Crippen LogP contribution in [0.1, 0.15) is 23.4 Å². The predicted octanol–water partition coefficient (Wildman–Crippen LogP) is 0.269. The molecule has 0 bridgehead atoms. The van der Waals surface area contributed by atoms with Crippen LogP contribution < -0.4 is 0 Å². The van der Waals surface area contributed by atoms with Gasteiger partial charge in [-0.2, -0.15) is 15.0 Å². The second-order valence-electron chi connectivity index (χ2n) is 4.21. The van der Waals surface area contributed by atoms with Gasteiger partial charge in [0.1, 0.15) is 15.5 Å². The smallest absolute Gasteiger partial charge is 0.149 e. The van der Waals surface area contributed by atoms with Crippen LogP contribution >= 0.6 is 22.6 Å². The van der Waals surface area contributed by atoms with Crippen molar-refractivity contribution in [3.8, 4) is 0 Å². The van der Waals surface area contributed by atoms with Crippen molar-refractivity contribution in [3.63, 3.8) is 0 Å². The zero-order valence-corrected chi connectivity index (χ0v) is 11.9. The monoisotopic (exact) mass is 361 g/mol. The lowest BCUT2D eigenvalue weighted by molar-refractivity contribution is -0.0287. The van der Waals surface area contributed by atoms with Gasteiger partial charge in [-0.1, -0.05) is 0 Å². The van der Waals surface area contributed by atoms with Crippen LogP contribution in [0.15, 0.2) is 12.4 Å². The Morgan fingerprint density at radius 1 is 1.50 bits per heavy atom. The third-order valence-electron chi connectivity index (χ3n) is 2.89. The first-order chi connectivity index (χ1) is 8.65. The summed E-state index contributed by atoms with van der Waals surface area (Å²) in [4.78, 5) is 1.45. The van der Waals surface area contributed by atoms with Crippen molar-refractivity contribution >= 4 is 22.6 Å². The third-order valence-corrected chi connectivity index (χ3v) is 3.66. The molecule has 1 unspecified atom stereocenters. The first-order valence-electron chi connectivity index (χ1n) is 5.51. The fraction of sp³-hybridized carbons (Fsp3) is 0.500. The van der Waals surface area contributed by atoms with Gasteiger partial charge in [-0.05, 0) is 22.6 Å². The van der Waals surface area contributed by atoms with Crippen LogP contribution in [-0.4, -0.2) is 43.1 Å². The van der Waals surface area contributed by atoms with Gasteiger partial charge in [0.25, 0.3) is 0 Å². The summed E-state index contributed by atoms with van der Waals surface area (Å²) in [7, 11) is 1.73. The average Bonchev–Trinajstić information content (AvgIpc) is 2.82. The zero-order valence-electron chi connectivity index (χ0n) is 9.69. The lowest BCUT2D eigenvalue weighted by atomic mass is 10.1. The molecule has 0 saturated carbocycles. The molecule has 1 fully saturated rings. The van der Waals surface area contributed by atoms with Crippen LogP contribution in [-0.2, 0) is 11.8 Å². The van der Waals surface area contributed by atoms with Crippen molar-refractivity contribution in [2.75, 3.05) is 13.2 Å². The highest BCUT2D eigenvalue weighted by Gasteiger charge is 2.24. The van der Waals surface area contributed by atoms with E-state index in [2.05, 4.69) is 37.9 Å². The van der Waals surface area contributed by atoms with Crippen LogP contribution in [0.25, 0.3) is 0 Å². The number of aliphatic hydroxyl groups is 1. The number of hydrogen-bond donors (Lipinski definition) is 1. The molecule has 1 atom stereocenters. The van der Waals surface area contributed by atoms with Gasteiger partial charge < -0.3 is 9.84 Å². The highest BCUT2D eigenvalue weighted by molar-refractivity contribution is 14.1. The van der Waals surface area contributed by atoms with Gasteiger partial charge >= 0.3 is 0 Å². The number of halogens is 1. The quantitative estimate of drug-likeness (QED) is 0.795. The van der Waals surface area contributed by atoms with Crippen molar-refractivity contribution in [3.05, 3.63) is 27.4 Å². The summed E-state index contributed by atoms with van der Waals surface area (Å²) < 4.78 is 7.64. The molecule has 7 nitrogen and oxygen atoms in total. The second kappa shape index (κ2) is 4.59. The SMILES string of the molecule is Cn1nc(I)c(C(O)c2cnn(C3COC3)c2)n1. The van der Waals surface area contributed by atoms with E-state index in [9.17, 15) is 5.11 Å². The Kier molecular flexibility index (Phi) is 3.08. The number of hydrogen-bond acceptors (Lipinski definition) is 5. The van der Waals surface area contributed by atoms with E-state index in [1.54, 1.807) is 13.2 Å². The fourth-order valence-corrected chi connectivity index (χ4v) is 2.51. The molecule has 3 rings (SSSR count). The Balaban J connectivity index is 1.85. The van der Waals surface area contributed by atoms with Gasteiger partial charge in [-0.25, -0.2) is 0 Å². The number of aromatic nitrogens is 5. The van der Waals surface area contributed by atoms with Crippen LogP contribution in [0.4, 0.5) is 0 Å². The lowest BCUT2D eigenvalue weighted by Gasteiger charge is -2.25. The number of rotatable bonds is 3. The minimum absolute atomic E-state index is 0.284. The highest BCUT2D eigenvalue weighted by Crippen LogP contribution is 2.25. The van der Waals surface area contributed by atoms with E-state index in [4.69, 9.17) is 4.74 Å². The van der Waals surface area contributed by atoms with Gasteiger partial charge in [-0.3, -0.25) is 4.68 Å². The van der Waals surface area contributed by atoms with E-state index < -0.39 is 6.10 Å². The molecule has 0 aromatic carbocycles. The van der Waals surface area contributed by atoms with Crippen molar-refractivity contribution in [1.82, 2.24) is 24.8 Å². The molecule has 0 aliphatic carbocycles. The Bertz CT molecular complexity index is 562. The third kappa shape index (κ3) is 2.04. The van der Waals surface area contributed by atoms with Gasteiger partial charge in [0.2, 0.25) is 0 Å². The molecular weight excluding hydrogens is 349 g/mol. The Hall–Kier alpha value is -1.00. The summed E-state index contributed by atoms with van der Waals surface area (Å²) in [5.74, 6) is 0. The summed E-state index contributed by atoms with van der Waals surface area (Å²) in [5.41, 5.74) is 1.28. The van der Waals surface area contributed by atoms with E-state index >= 15 is 0 Å². The van der Waals surface area contributed by atoms with Crippen LogP contribution in [0, 0.1) is 3.70 Å². The molecule has 18 heavy (non-hydrogen) atoms. The minimum atomic E-state index is -0.791. The van der Waals surface area contributed by atoms with Crippen LogP contribution in [0.2, 0.25) is 0 Å². The van der Waals surface area contributed by atoms with Crippen LogP contribution in [0.3, 0.4) is 0 Å². The molecule has 1 aliphatic heterocycles. The molecule has 1 aliphatic rings. The summed E-state index contributed by atoms with van der Waals surface area (Å²) in [6, 6.07) is 0.284. The first kappa shape index (κ1) is 12.1. The Labute approximate surface area is 117 Å². The van der Waals surface area contributed by atoms with Crippen LogP contribution in [0.5, 0.6) is 0 Å². The van der Waals surface area contributed by atoms with Crippen molar-refractivity contribution < 1.29 is 9.84 Å².